The number of carbonyl (C=O) groups is 3. The van der Waals surface area contributed by atoms with Gasteiger partial charge in [-0.1, -0.05) is 0 Å². The van der Waals surface area contributed by atoms with Crippen LogP contribution in [0.2, 0.25) is 0 Å². The van der Waals surface area contributed by atoms with Crippen molar-refractivity contribution in [2.45, 2.75) is 246 Å². The first kappa shape index (κ1) is 91.5. The Morgan fingerprint density at radius 3 is 0.884 bits per heavy atom. The second-order valence-electron chi connectivity index (χ2n) is 37.1. The molecular formula is C84H102F9N21O12S3. The number of amides is 3. The average molecular weight is 1870 g/mol. The van der Waals surface area contributed by atoms with Gasteiger partial charge in [0.25, 0.3) is 47.8 Å². The number of nitrogens with zero attached hydrogens (tertiary/aromatic N) is 18. The van der Waals surface area contributed by atoms with E-state index in [4.69, 9.17) is 29.2 Å². The third-order valence-corrected chi connectivity index (χ3v) is 29.9. The van der Waals surface area contributed by atoms with Crippen LogP contribution in [0.5, 0.6) is 17.6 Å². The molecule has 3 aliphatic carbocycles. The van der Waals surface area contributed by atoms with Gasteiger partial charge in [-0.3, -0.25) is 28.4 Å². The average Bonchev–Trinajstić information content (AvgIpc) is 1.41. The molecule has 3 saturated heterocycles. The first-order valence-corrected chi connectivity index (χ1v) is 47.7. The van der Waals surface area contributed by atoms with Crippen molar-refractivity contribution in [3.8, 4) is 35.1 Å². The van der Waals surface area contributed by atoms with Crippen LogP contribution in [-0.4, -0.2) is 191 Å². The molecule has 9 aliphatic rings. The zero-order valence-corrected chi connectivity index (χ0v) is 74.4. The van der Waals surface area contributed by atoms with Crippen molar-refractivity contribution in [3.05, 3.63) is 127 Å². The standard InChI is InChI=1S/3C28H34F3N7O4S/c3*1-26(2)17-19-5-3-13-36-14-9-23(34-36)43(40,41)35-25(39)20-6-7-21(32-24(20)37(26)18-19)38-15-8-22(33-38)42-16-4-10-27(11-12-27)28(29,30)31/h3*6-9,14-15,19H,3-5,10-13,16-18H2,1-2H3,(H,35,39). The number of aromatic nitrogens is 15. The third kappa shape index (κ3) is 19.8. The molecule has 6 aliphatic heterocycles. The summed E-state index contributed by atoms with van der Waals surface area (Å²) in [5, 5.41) is 24.9. The minimum Gasteiger partial charge on any atom is -0.477 e. The molecule has 12 bridgehead atoms. The fraction of sp³-hybridized carbons (Fsp3) is 0.571. The molecule has 3 atom stereocenters. The van der Waals surface area contributed by atoms with Gasteiger partial charge < -0.3 is 28.9 Å². The molecule has 6 fully saturated rings. The molecule has 3 unspecified atom stereocenters. The fourth-order valence-electron chi connectivity index (χ4n) is 18.6. The Kier molecular flexibility index (Phi) is 24.4. The van der Waals surface area contributed by atoms with Gasteiger partial charge in [-0.05, 0) is 249 Å². The van der Waals surface area contributed by atoms with E-state index in [0.717, 1.165) is 57.8 Å². The Labute approximate surface area is 738 Å². The Hall–Kier alpha value is -10.9. The summed E-state index contributed by atoms with van der Waals surface area (Å²) in [7, 11) is -12.7. The number of ether oxygens (including phenoxy) is 3. The van der Waals surface area contributed by atoms with Gasteiger partial charge in [-0.25, -0.2) is 43.2 Å². The number of hydrogen-bond donors (Lipinski definition) is 3. The van der Waals surface area contributed by atoms with Crippen molar-refractivity contribution in [2.75, 3.05) is 54.2 Å². The number of carbonyl (C=O) groups excluding carboxylic acids is 3. The predicted molar refractivity (Wildman–Crippen MR) is 448 cm³/mol. The molecule has 3 saturated carbocycles. The van der Waals surface area contributed by atoms with Crippen LogP contribution in [0.1, 0.15) is 207 Å². The quantitative estimate of drug-likeness (QED) is 0.0530. The topological polar surface area (TPSA) is 373 Å². The van der Waals surface area contributed by atoms with E-state index >= 15 is 0 Å². The first-order valence-electron chi connectivity index (χ1n) is 43.2. The molecule has 33 nitrogen and oxygen atoms in total. The minimum atomic E-state index is -4.22. The number of aryl methyl sites for hydroxylation is 3. The molecule has 129 heavy (non-hydrogen) atoms. The molecule has 18 rings (SSSR count). The van der Waals surface area contributed by atoms with Gasteiger partial charge in [-0.15, -0.1) is 15.3 Å². The van der Waals surface area contributed by atoms with Crippen molar-refractivity contribution in [3.63, 3.8) is 0 Å². The van der Waals surface area contributed by atoms with E-state index in [9.17, 15) is 79.2 Å². The SMILES string of the molecule is CC1(C)CC2CCCn3ccc(n3)S(=O)(=O)NC(=O)c3ccc(-n4ccc(OCCCC5(C(F)(F)F)CC5)n4)nc3N1C2.CC1(C)CC2CCCn3ccc(n3)S(=O)(=O)NC(=O)c3ccc(-n4ccc(OCCCC5(C(F)(F)F)CC5)n4)nc3N1C2.CC1(C)CC2CCCn3ccc(n3)S(=O)(=O)NC(=O)c3ccc(-n4ccc(OCCCC5(C(F)(F)F)CC5)n4)nc3N1C2. The van der Waals surface area contributed by atoms with E-state index in [1.165, 1.54) is 50.4 Å². The molecule has 9 aromatic heterocycles. The maximum Gasteiger partial charge on any atom is 0.394 e. The van der Waals surface area contributed by atoms with Crippen LogP contribution in [0.25, 0.3) is 17.5 Å². The summed E-state index contributed by atoms with van der Waals surface area (Å²) in [4.78, 5) is 60.8. The highest BCUT2D eigenvalue weighted by Gasteiger charge is 2.64. The zero-order valence-electron chi connectivity index (χ0n) is 71.9. The second kappa shape index (κ2) is 34.5. The molecule has 3 N–H and O–H groups in total. The van der Waals surface area contributed by atoms with E-state index in [1.54, 1.807) is 87.6 Å². The molecule has 0 radical (unpaired) electrons. The van der Waals surface area contributed by atoms with Gasteiger partial charge in [-0.2, -0.15) is 80.1 Å². The molecule has 15 heterocycles. The lowest BCUT2D eigenvalue weighted by atomic mass is 9.93. The van der Waals surface area contributed by atoms with Crippen LogP contribution < -0.4 is 43.1 Å². The van der Waals surface area contributed by atoms with Gasteiger partial charge in [0.15, 0.2) is 32.5 Å². The number of hydrogen-bond acceptors (Lipinski definition) is 24. The van der Waals surface area contributed by atoms with Gasteiger partial charge in [0.05, 0.1) is 52.8 Å². The molecular weight excluding hydrogens is 1760 g/mol. The minimum absolute atomic E-state index is 0.0237. The highest BCUT2D eigenvalue weighted by atomic mass is 32.2. The van der Waals surface area contributed by atoms with Crippen LogP contribution in [0.3, 0.4) is 0 Å². The predicted octanol–water partition coefficient (Wildman–Crippen LogP) is 13.4. The van der Waals surface area contributed by atoms with Crippen LogP contribution in [0, 0.1) is 34.0 Å². The van der Waals surface area contributed by atoms with Gasteiger partial charge in [0, 0.05) is 111 Å². The van der Waals surface area contributed by atoms with Crippen LogP contribution in [0.4, 0.5) is 57.0 Å². The van der Waals surface area contributed by atoms with E-state index in [0.29, 0.717) is 91.9 Å². The number of rotatable bonds is 18. The Morgan fingerprint density at radius 2 is 0.636 bits per heavy atom. The summed E-state index contributed by atoms with van der Waals surface area (Å²) >= 11 is 0. The number of halogens is 9. The van der Waals surface area contributed by atoms with Crippen molar-refractivity contribution in [1.82, 2.24) is 87.8 Å². The maximum atomic E-state index is 13.4. The largest absolute Gasteiger partial charge is 0.477 e. The monoisotopic (exact) mass is 1860 g/mol. The van der Waals surface area contributed by atoms with Gasteiger partial charge >= 0.3 is 18.5 Å². The Morgan fingerprint density at radius 1 is 0.372 bits per heavy atom. The van der Waals surface area contributed by atoms with Crippen molar-refractivity contribution in [2.24, 2.45) is 34.0 Å². The Bertz CT molecular complexity index is 5460. The summed E-state index contributed by atoms with van der Waals surface area (Å²) < 4.78 is 229. The normalized spacial score (nSPS) is 22.4. The highest BCUT2D eigenvalue weighted by molar-refractivity contribution is 7.90. The number of anilines is 3. The highest BCUT2D eigenvalue weighted by Crippen LogP contribution is 2.63. The number of fused-ring (bicyclic) bond motifs is 18. The van der Waals surface area contributed by atoms with Crippen molar-refractivity contribution < 1.29 is 93.4 Å². The van der Waals surface area contributed by atoms with E-state index < -0.39 is 82.6 Å². The lowest BCUT2D eigenvalue weighted by Gasteiger charge is -2.34. The van der Waals surface area contributed by atoms with Crippen LogP contribution in [0.15, 0.2) is 125 Å². The van der Waals surface area contributed by atoms with Crippen molar-refractivity contribution >= 4 is 65.2 Å². The number of nitrogens with one attached hydrogen (secondary N) is 3. The number of alkyl halides is 9. The summed E-state index contributed by atoms with van der Waals surface area (Å²) in [6.45, 7) is 16.3. The molecule has 9 aromatic rings. The third-order valence-electron chi connectivity index (χ3n) is 26.2. The van der Waals surface area contributed by atoms with Gasteiger partial charge in [0.1, 0.15) is 17.5 Å². The lowest BCUT2D eigenvalue weighted by molar-refractivity contribution is -0.190. The summed E-state index contributed by atoms with van der Waals surface area (Å²) in [6, 6.07) is 18.1. The lowest BCUT2D eigenvalue weighted by Crippen LogP contribution is -2.41. The van der Waals surface area contributed by atoms with Crippen LogP contribution in [-0.2, 0) is 49.7 Å². The number of pyridine rings is 3. The van der Waals surface area contributed by atoms with E-state index in [1.807, 2.05) is 0 Å². The number of sulfonamides is 3. The van der Waals surface area contributed by atoms with E-state index in [-0.39, 0.29) is 163 Å². The van der Waals surface area contributed by atoms with Crippen molar-refractivity contribution in [1.29, 1.82) is 0 Å². The Balaban J connectivity index is 0.000000142. The van der Waals surface area contributed by atoms with Gasteiger partial charge in [0.2, 0.25) is 17.6 Å². The maximum absolute atomic E-state index is 13.4. The molecule has 0 spiro atoms. The summed E-state index contributed by atoms with van der Waals surface area (Å²) in [5.41, 5.74) is -5.50. The zero-order chi connectivity index (χ0) is 91.9. The summed E-state index contributed by atoms with van der Waals surface area (Å²) in [6.07, 6.45) is 6.62. The van der Waals surface area contributed by atoms with E-state index in [2.05, 4.69) is 101 Å². The smallest absolute Gasteiger partial charge is 0.394 e. The molecule has 0 aromatic carbocycles. The fourth-order valence-corrected chi connectivity index (χ4v) is 21.4. The molecule has 3 amide bonds. The second-order valence-corrected chi connectivity index (χ2v) is 42.0. The molecule has 45 heteroatoms. The summed E-state index contributed by atoms with van der Waals surface area (Å²) in [5.74, 6) is 1.35. The van der Waals surface area contributed by atoms with Crippen LogP contribution >= 0.6 is 0 Å². The molecule has 696 valence electrons. The first-order chi connectivity index (χ1) is 60.8.